The second kappa shape index (κ2) is 10.8. The van der Waals surface area contributed by atoms with Gasteiger partial charge in [-0.1, -0.05) is 34.1 Å². The lowest BCUT2D eigenvalue weighted by Crippen LogP contribution is -2.46. The highest BCUT2D eigenvalue weighted by Crippen LogP contribution is 2.13. The van der Waals surface area contributed by atoms with E-state index in [1.54, 1.807) is 0 Å². The Hall–Kier alpha value is -0.850. The lowest BCUT2D eigenvalue weighted by atomic mass is 10.0. The third-order valence-corrected chi connectivity index (χ3v) is 4.09. The van der Waals surface area contributed by atoms with E-state index in [2.05, 4.69) is 19.2 Å². The van der Waals surface area contributed by atoms with E-state index in [4.69, 9.17) is 15.2 Å². The van der Waals surface area contributed by atoms with E-state index in [0.717, 1.165) is 6.42 Å². The molecule has 3 N–H and O–H groups in total. The van der Waals surface area contributed by atoms with Crippen molar-refractivity contribution in [3.8, 4) is 0 Å². The second-order valence-electron chi connectivity index (χ2n) is 6.52. The predicted octanol–water partition coefficient (Wildman–Crippen LogP) is 1.64. The molecule has 1 saturated heterocycles. The fourth-order valence-corrected chi connectivity index (χ4v) is 2.26. The largest absolute Gasteiger partial charge is 0.464 e. The average Bonchev–Trinajstić information content (AvgIpc) is 2.86. The summed E-state index contributed by atoms with van der Waals surface area (Å²) in [5.74, 6) is 0.0283. The molecule has 23 heavy (non-hydrogen) atoms. The summed E-state index contributed by atoms with van der Waals surface area (Å²) in [4.78, 5) is 23.8. The number of esters is 1. The van der Waals surface area contributed by atoms with Crippen molar-refractivity contribution in [2.24, 2.45) is 17.6 Å². The highest BCUT2D eigenvalue weighted by molar-refractivity contribution is 5.87. The lowest BCUT2D eigenvalue weighted by Gasteiger charge is -2.24. The van der Waals surface area contributed by atoms with Crippen molar-refractivity contribution in [2.45, 2.75) is 65.1 Å². The van der Waals surface area contributed by atoms with Gasteiger partial charge in [0.05, 0.1) is 13.2 Å². The summed E-state index contributed by atoms with van der Waals surface area (Å²) >= 11 is 0. The third kappa shape index (κ3) is 7.50. The summed E-state index contributed by atoms with van der Waals surface area (Å²) in [6, 6.07) is -0.641. The molecule has 2 unspecified atom stereocenters. The Morgan fingerprint density at radius 1 is 1.43 bits per heavy atom. The summed E-state index contributed by atoms with van der Waals surface area (Å²) in [6.07, 6.45) is 1.51. The fourth-order valence-electron chi connectivity index (χ4n) is 2.26. The zero-order valence-corrected chi connectivity index (χ0v) is 15.4. The number of hydrogen-bond donors (Lipinski definition) is 2. The first-order valence-electron chi connectivity index (χ1n) is 8.19. The van der Waals surface area contributed by atoms with Crippen molar-refractivity contribution >= 4 is 24.3 Å². The van der Waals surface area contributed by atoms with Crippen molar-refractivity contribution in [1.82, 2.24) is 5.32 Å². The Bertz CT molecular complexity index is 379. The van der Waals surface area contributed by atoms with Crippen molar-refractivity contribution in [3.63, 3.8) is 0 Å². The minimum absolute atomic E-state index is 0. The molecule has 136 valence electrons. The molecule has 1 amide bonds. The van der Waals surface area contributed by atoms with Crippen molar-refractivity contribution < 1.29 is 19.1 Å². The van der Waals surface area contributed by atoms with E-state index in [0.29, 0.717) is 37.9 Å². The minimum Gasteiger partial charge on any atom is -0.464 e. The summed E-state index contributed by atoms with van der Waals surface area (Å²) in [6.45, 7) is 8.91. The van der Waals surface area contributed by atoms with Crippen LogP contribution in [0.2, 0.25) is 0 Å². The maximum atomic E-state index is 12.3. The highest BCUT2D eigenvalue weighted by atomic mass is 35.5. The number of hydrogen-bond acceptors (Lipinski definition) is 5. The monoisotopic (exact) mass is 350 g/mol. The first kappa shape index (κ1) is 22.1. The smallest absolute Gasteiger partial charge is 0.328 e. The van der Waals surface area contributed by atoms with Crippen LogP contribution in [0.3, 0.4) is 0 Å². The third-order valence-electron chi connectivity index (χ3n) is 4.09. The van der Waals surface area contributed by atoms with Gasteiger partial charge >= 0.3 is 5.97 Å². The number of carbonyl (C=O) groups is 2. The fraction of sp³-hybridized carbons (Fsp3) is 0.875. The van der Waals surface area contributed by atoms with Gasteiger partial charge < -0.3 is 20.5 Å². The van der Waals surface area contributed by atoms with Gasteiger partial charge in [0.15, 0.2) is 0 Å². The van der Waals surface area contributed by atoms with E-state index in [-0.39, 0.29) is 30.3 Å². The molecule has 0 bridgehead atoms. The Balaban J connectivity index is 0.00000484. The molecule has 6 nitrogen and oxygen atoms in total. The van der Waals surface area contributed by atoms with Crippen LogP contribution in [0.25, 0.3) is 0 Å². The average molecular weight is 351 g/mol. The van der Waals surface area contributed by atoms with Crippen LogP contribution in [0.1, 0.15) is 47.0 Å². The zero-order chi connectivity index (χ0) is 16.7. The SMILES string of the molecule is CC[C@H](C)C(N)COC(CC(C)C)C(=O)N[C@H]1CCOC1=O.Cl. The summed E-state index contributed by atoms with van der Waals surface area (Å²) < 4.78 is 10.6. The first-order chi connectivity index (χ1) is 10.3. The molecule has 1 aliphatic rings. The summed E-state index contributed by atoms with van der Waals surface area (Å²) in [5, 5.41) is 2.72. The number of cyclic esters (lactones) is 1. The van der Waals surface area contributed by atoms with E-state index in [1.807, 2.05) is 13.8 Å². The molecule has 0 aromatic heterocycles. The molecule has 0 aliphatic carbocycles. The standard InChI is InChI=1S/C16H30N2O4.ClH/c1-5-11(4)12(17)9-22-14(8-10(2)3)15(19)18-13-6-7-21-16(13)20;/h10-14H,5-9,17H2,1-4H3,(H,18,19);1H/t11-,12?,13-,14?;/m0./s1. The molecule has 1 rings (SSSR count). The minimum atomic E-state index is -0.580. The normalized spacial score (nSPS) is 21.3. The van der Waals surface area contributed by atoms with Gasteiger partial charge in [-0.25, -0.2) is 4.79 Å². The molecule has 0 aromatic carbocycles. The maximum absolute atomic E-state index is 12.3. The Morgan fingerprint density at radius 3 is 2.57 bits per heavy atom. The number of rotatable bonds is 9. The van der Waals surface area contributed by atoms with Crippen LogP contribution in [0.4, 0.5) is 0 Å². The molecule has 7 heteroatoms. The van der Waals surface area contributed by atoms with E-state index in [9.17, 15) is 9.59 Å². The number of carbonyl (C=O) groups excluding carboxylic acids is 2. The quantitative estimate of drug-likeness (QED) is 0.617. The molecule has 0 aromatic rings. The van der Waals surface area contributed by atoms with Gasteiger partial charge in [-0.05, 0) is 18.3 Å². The lowest BCUT2D eigenvalue weighted by molar-refractivity contribution is -0.144. The predicted molar refractivity (Wildman–Crippen MR) is 91.4 cm³/mol. The molecular formula is C16H31ClN2O4. The van der Waals surface area contributed by atoms with Crippen LogP contribution in [0, 0.1) is 11.8 Å². The van der Waals surface area contributed by atoms with Gasteiger partial charge in [0.2, 0.25) is 5.91 Å². The number of halogens is 1. The van der Waals surface area contributed by atoms with Crippen LogP contribution in [0.5, 0.6) is 0 Å². The first-order valence-corrected chi connectivity index (χ1v) is 8.19. The zero-order valence-electron chi connectivity index (χ0n) is 14.5. The Morgan fingerprint density at radius 2 is 2.09 bits per heavy atom. The van der Waals surface area contributed by atoms with Crippen LogP contribution >= 0.6 is 12.4 Å². The Labute approximate surface area is 145 Å². The van der Waals surface area contributed by atoms with Gasteiger partial charge in [0.25, 0.3) is 0 Å². The Kier molecular flexibility index (Phi) is 10.4. The molecule has 0 saturated carbocycles. The van der Waals surface area contributed by atoms with E-state index in [1.165, 1.54) is 0 Å². The number of amides is 1. The number of nitrogens with one attached hydrogen (secondary N) is 1. The van der Waals surface area contributed by atoms with Crippen LogP contribution in [0.15, 0.2) is 0 Å². The second-order valence-corrected chi connectivity index (χ2v) is 6.52. The van der Waals surface area contributed by atoms with Gasteiger partial charge in [-0.3, -0.25) is 4.79 Å². The van der Waals surface area contributed by atoms with Gasteiger partial charge in [0, 0.05) is 12.5 Å². The van der Waals surface area contributed by atoms with E-state index < -0.39 is 12.1 Å². The van der Waals surface area contributed by atoms with Crippen molar-refractivity contribution in [1.29, 1.82) is 0 Å². The highest BCUT2D eigenvalue weighted by Gasteiger charge is 2.31. The van der Waals surface area contributed by atoms with Gasteiger partial charge in [-0.15, -0.1) is 12.4 Å². The maximum Gasteiger partial charge on any atom is 0.328 e. The number of nitrogens with two attached hydrogens (primary N) is 1. The molecule has 1 heterocycles. The topological polar surface area (TPSA) is 90.7 Å². The summed E-state index contributed by atoms with van der Waals surface area (Å²) in [7, 11) is 0. The van der Waals surface area contributed by atoms with Crippen LogP contribution in [-0.4, -0.2) is 43.3 Å². The number of ether oxygens (including phenoxy) is 2. The summed E-state index contributed by atoms with van der Waals surface area (Å²) in [5.41, 5.74) is 6.06. The molecule has 0 spiro atoms. The molecule has 0 radical (unpaired) electrons. The van der Waals surface area contributed by atoms with Crippen LogP contribution in [-0.2, 0) is 19.1 Å². The van der Waals surface area contributed by atoms with E-state index >= 15 is 0 Å². The molecule has 4 atom stereocenters. The van der Waals surface area contributed by atoms with Gasteiger partial charge in [-0.2, -0.15) is 0 Å². The molecular weight excluding hydrogens is 320 g/mol. The van der Waals surface area contributed by atoms with Crippen molar-refractivity contribution in [2.75, 3.05) is 13.2 Å². The van der Waals surface area contributed by atoms with Gasteiger partial charge in [0.1, 0.15) is 12.1 Å². The van der Waals surface area contributed by atoms with Crippen LogP contribution < -0.4 is 11.1 Å². The molecule has 1 fully saturated rings. The molecule has 1 aliphatic heterocycles. The van der Waals surface area contributed by atoms with Crippen molar-refractivity contribution in [3.05, 3.63) is 0 Å².